The van der Waals surface area contributed by atoms with Crippen LogP contribution < -0.4 is 29.8 Å². The van der Waals surface area contributed by atoms with Crippen LogP contribution >= 0.6 is 23.2 Å². The van der Waals surface area contributed by atoms with Gasteiger partial charge in [0.05, 0.1) is 35.7 Å². The van der Waals surface area contributed by atoms with Crippen LogP contribution in [0.3, 0.4) is 0 Å². The molecule has 0 aliphatic rings. The van der Waals surface area contributed by atoms with Crippen LogP contribution in [0.5, 0.6) is 23.0 Å². The predicted molar refractivity (Wildman–Crippen MR) is 178 cm³/mol. The second-order valence-electron chi connectivity index (χ2n) is 9.47. The average molecular weight is 664 g/mol. The first-order chi connectivity index (χ1) is 22.4. The fraction of sp³-hybridized carbons (Fsp3) is 0.176. The molecular weight excluding hydrogens is 631 g/mol. The molecule has 4 aromatic rings. The summed E-state index contributed by atoms with van der Waals surface area (Å²) in [5, 5.41) is 8.29. The van der Waals surface area contributed by atoms with Crippen LogP contribution in [0, 0.1) is 0 Å². The topological polar surface area (TPSA) is 120 Å². The highest BCUT2D eigenvalue weighted by molar-refractivity contribution is 6.35. The second-order valence-corrected chi connectivity index (χ2v) is 10.3. The van der Waals surface area contributed by atoms with Crippen molar-refractivity contribution >= 4 is 47.4 Å². The molecule has 0 saturated heterocycles. The number of carbonyl (C=O) groups excluding carboxylic acids is 2. The molecule has 2 N–H and O–H groups in total. The number of amides is 2. The van der Waals surface area contributed by atoms with Gasteiger partial charge in [0.15, 0.2) is 23.0 Å². The van der Waals surface area contributed by atoms with Crippen LogP contribution in [0.1, 0.15) is 36.1 Å². The molecule has 46 heavy (non-hydrogen) atoms. The van der Waals surface area contributed by atoms with Gasteiger partial charge in [-0.25, -0.2) is 10.9 Å². The SMILES string of the molecule is CCOc1cc(/C=N\NC(=O)C(=O)N/N=C\c2cc(Cl)c(OCc3ccccc3)c(OCC)c2)cc(Cl)c1OCc1ccccc1. The summed E-state index contributed by atoms with van der Waals surface area (Å²) in [5.41, 5.74) is 7.27. The van der Waals surface area contributed by atoms with E-state index in [4.69, 9.17) is 42.1 Å². The lowest BCUT2D eigenvalue weighted by molar-refractivity contribution is -0.139. The molecule has 0 aromatic heterocycles. The largest absolute Gasteiger partial charge is 0.490 e. The van der Waals surface area contributed by atoms with Crippen molar-refractivity contribution in [1.82, 2.24) is 10.9 Å². The van der Waals surface area contributed by atoms with Crippen molar-refractivity contribution in [2.24, 2.45) is 10.2 Å². The van der Waals surface area contributed by atoms with Crippen LogP contribution in [0.4, 0.5) is 0 Å². The van der Waals surface area contributed by atoms with Gasteiger partial charge in [0.25, 0.3) is 0 Å². The lowest BCUT2D eigenvalue weighted by Gasteiger charge is -2.14. The number of ether oxygens (including phenoxy) is 4. The highest BCUT2D eigenvalue weighted by Crippen LogP contribution is 2.38. The summed E-state index contributed by atoms with van der Waals surface area (Å²) >= 11 is 12.9. The van der Waals surface area contributed by atoms with E-state index in [1.807, 2.05) is 74.5 Å². The van der Waals surface area contributed by atoms with Crippen molar-refractivity contribution in [3.63, 3.8) is 0 Å². The zero-order valence-electron chi connectivity index (χ0n) is 25.2. The molecule has 0 atom stereocenters. The van der Waals surface area contributed by atoms with Gasteiger partial charge in [0, 0.05) is 0 Å². The van der Waals surface area contributed by atoms with Crippen LogP contribution in [0.15, 0.2) is 95.1 Å². The van der Waals surface area contributed by atoms with Gasteiger partial charge in [-0.15, -0.1) is 0 Å². The number of nitrogens with zero attached hydrogens (tertiary/aromatic N) is 2. The fourth-order valence-electron chi connectivity index (χ4n) is 4.02. The summed E-state index contributed by atoms with van der Waals surface area (Å²) in [7, 11) is 0. The standard InChI is InChI=1S/C34H32Cl2N4O6/c1-3-43-29-17-25(15-27(35)31(29)45-21-23-11-7-5-8-12-23)19-37-39-33(41)34(42)40-38-20-26-16-28(36)32(30(18-26)44-4-2)46-22-24-13-9-6-10-14-24/h5-20H,3-4,21-22H2,1-2H3,(H,39,41)(H,40,42)/b37-19-,38-20-. The Morgan fingerprint density at radius 3 is 1.39 bits per heavy atom. The summed E-state index contributed by atoms with van der Waals surface area (Å²) < 4.78 is 23.2. The molecule has 0 saturated carbocycles. The predicted octanol–water partition coefficient (Wildman–Crippen LogP) is 6.55. The molecule has 12 heteroatoms. The highest BCUT2D eigenvalue weighted by Gasteiger charge is 2.15. The molecule has 4 rings (SSSR count). The van der Waals surface area contributed by atoms with E-state index in [1.165, 1.54) is 12.4 Å². The molecule has 0 fully saturated rings. The molecular formula is C34H32Cl2N4O6. The first kappa shape index (κ1) is 33.8. The zero-order valence-corrected chi connectivity index (χ0v) is 26.7. The molecule has 0 aliphatic carbocycles. The normalized spacial score (nSPS) is 11.0. The fourth-order valence-corrected chi connectivity index (χ4v) is 4.57. The Bertz CT molecular complexity index is 1560. The Balaban J connectivity index is 1.33. The average Bonchev–Trinajstić information content (AvgIpc) is 3.05. The summed E-state index contributed by atoms with van der Waals surface area (Å²) in [5.74, 6) is -0.483. The van der Waals surface area contributed by atoms with Crippen LogP contribution in [0.2, 0.25) is 10.0 Å². The van der Waals surface area contributed by atoms with E-state index >= 15 is 0 Å². The molecule has 0 unspecified atom stereocenters. The first-order valence-corrected chi connectivity index (χ1v) is 15.1. The highest BCUT2D eigenvalue weighted by atomic mass is 35.5. The number of nitrogens with one attached hydrogen (secondary N) is 2. The lowest BCUT2D eigenvalue weighted by atomic mass is 10.2. The number of carbonyl (C=O) groups is 2. The van der Waals surface area contributed by atoms with Gasteiger partial charge in [-0.3, -0.25) is 9.59 Å². The third-order valence-corrected chi connectivity index (χ3v) is 6.64. The molecule has 10 nitrogen and oxygen atoms in total. The minimum atomic E-state index is -1.04. The van der Waals surface area contributed by atoms with Crippen molar-refractivity contribution in [1.29, 1.82) is 0 Å². The van der Waals surface area contributed by atoms with Gasteiger partial charge >= 0.3 is 11.8 Å². The number of rotatable bonds is 14. The smallest absolute Gasteiger partial charge is 0.331 e. The van der Waals surface area contributed by atoms with E-state index in [1.54, 1.807) is 24.3 Å². The van der Waals surface area contributed by atoms with Gasteiger partial charge < -0.3 is 18.9 Å². The Labute approximate surface area is 276 Å². The number of hydrogen-bond donors (Lipinski definition) is 2. The number of benzene rings is 4. The maximum Gasteiger partial charge on any atom is 0.331 e. The summed E-state index contributed by atoms with van der Waals surface area (Å²) in [6.45, 7) is 5.02. The van der Waals surface area contributed by atoms with Crippen LogP contribution in [-0.4, -0.2) is 37.5 Å². The van der Waals surface area contributed by atoms with Gasteiger partial charge in [0.2, 0.25) is 0 Å². The quantitative estimate of drug-likeness (QED) is 0.0898. The van der Waals surface area contributed by atoms with Gasteiger partial charge in [-0.05, 0) is 60.4 Å². The van der Waals surface area contributed by atoms with Gasteiger partial charge in [-0.1, -0.05) is 83.9 Å². The second kappa shape index (κ2) is 17.4. The summed E-state index contributed by atoms with van der Waals surface area (Å²) in [6, 6.07) is 25.8. The zero-order chi connectivity index (χ0) is 32.7. The number of hydrazone groups is 2. The third-order valence-electron chi connectivity index (χ3n) is 6.08. The summed E-state index contributed by atoms with van der Waals surface area (Å²) in [4.78, 5) is 24.5. The van der Waals surface area contributed by atoms with E-state index in [0.29, 0.717) is 70.6 Å². The molecule has 2 amide bonds. The molecule has 0 aliphatic heterocycles. The molecule has 0 radical (unpaired) electrons. The monoisotopic (exact) mass is 662 g/mol. The minimum absolute atomic E-state index is 0.296. The Hall–Kier alpha value is -5.06. The maximum atomic E-state index is 12.3. The lowest BCUT2D eigenvalue weighted by Crippen LogP contribution is -2.35. The van der Waals surface area contributed by atoms with E-state index in [2.05, 4.69) is 21.1 Å². The van der Waals surface area contributed by atoms with Crippen molar-refractivity contribution in [2.75, 3.05) is 13.2 Å². The van der Waals surface area contributed by atoms with Crippen LogP contribution in [0.25, 0.3) is 0 Å². The van der Waals surface area contributed by atoms with Gasteiger partial charge in [-0.2, -0.15) is 10.2 Å². The Morgan fingerprint density at radius 2 is 1.02 bits per heavy atom. The van der Waals surface area contributed by atoms with Crippen molar-refractivity contribution in [3.8, 4) is 23.0 Å². The van der Waals surface area contributed by atoms with E-state index < -0.39 is 11.8 Å². The number of hydrogen-bond acceptors (Lipinski definition) is 8. The minimum Gasteiger partial charge on any atom is -0.490 e. The van der Waals surface area contributed by atoms with Crippen molar-refractivity contribution in [2.45, 2.75) is 27.1 Å². The van der Waals surface area contributed by atoms with E-state index in [-0.39, 0.29) is 0 Å². The molecule has 0 spiro atoms. The van der Waals surface area contributed by atoms with Gasteiger partial charge in [0.1, 0.15) is 13.2 Å². The maximum absolute atomic E-state index is 12.3. The first-order valence-electron chi connectivity index (χ1n) is 14.3. The Morgan fingerprint density at radius 1 is 0.630 bits per heavy atom. The van der Waals surface area contributed by atoms with Crippen LogP contribution in [-0.2, 0) is 22.8 Å². The third kappa shape index (κ3) is 9.98. The molecule has 238 valence electrons. The number of halogens is 2. The summed E-state index contributed by atoms with van der Waals surface area (Å²) in [6.07, 6.45) is 2.64. The molecule has 0 heterocycles. The van der Waals surface area contributed by atoms with E-state index in [9.17, 15) is 9.59 Å². The Kier molecular flexibility index (Phi) is 12.8. The van der Waals surface area contributed by atoms with E-state index in [0.717, 1.165) is 11.1 Å². The van der Waals surface area contributed by atoms with Crippen molar-refractivity contribution in [3.05, 3.63) is 117 Å². The molecule has 0 bridgehead atoms. The molecule has 4 aromatic carbocycles. The van der Waals surface area contributed by atoms with Crippen molar-refractivity contribution < 1.29 is 28.5 Å².